The Bertz CT molecular complexity index is 869. The molecule has 0 N–H and O–H groups in total. The first-order chi connectivity index (χ1) is 11.0. The van der Waals surface area contributed by atoms with E-state index in [1.165, 1.54) is 50.1 Å². The molecule has 0 bridgehead atoms. The van der Waals surface area contributed by atoms with Crippen molar-refractivity contribution < 1.29 is 0 Å². The van der Waals surface area contributed by atoms with Gasteiger partial charge in [0.05, 0.1) is 0 Å². The molecule has 23 heavy (non-hydrogen) atoms. The molecule has 0 heteroatoms. The minimum absolute atomic E-state index is 1.33. The molecule has 0 aliphatic carbocycles. The van der Waals surface area contributed by atoms with Crippen LogP contribution < -0.4 is 0 Å². The van der Waals surface area contributed by atoms with Crippen molar-refractivity contribution in [2.45, 2.75) is 34.6 Å². The molecule has 116 valence electrons. The third-order valence-corrected chi connectivity index (χ3v) is 5.04. The van der Waals surface area contributed by atoms with Gasteiger partial charge in [0.1, 0.15) is 0 Å². The van der Waals surface area contributed by atoms with Gasteiger partial charge in [-0.15, -0.1) is 0 Å². The molecule has 0 fully saturated rings. The molecular formula is C23H24. The van der Waals surface area contributed by atoms with Gasteiger partial charge in [0.15, 0.2) is 0 Å². The summed E-state index contributed by atoms with van der Waals surface area (Å²) in [4.78, 5) is 0. The highest BCUT2D eigenvalue weighted by Gasteiger charge is 2.14. The van der Waals surface area contributed by atoms with E-state index in [1.807, 2.05) is 0 Å². The summed E-state index contributed by atoms with van der Waals surface area (Å²) in [6.07, 6.45) is 0. The van der Waals surface area contributed by atoms with E-state index >= 15 is 0 Å². The van der Waals surface area contributed by atoms with E-state index in [-0.39, 0.29) is 0 Å². The largest absolute Gasteiger partial charge is 0.0614 e. The molecule has 0 unspecified atom stereocenters. The smallest absolute Gasteiger partial charge is 0.00733 e. The van der Waals surface area contributed by atoms with Crippen molar-refractivity contribution >= 4 is 0 Å². The Hall–Kier alpha value is -2.34. The summed E-state index contributed by atoms with van der Waals surface area (Å²) in [5.41, 5.74) is 12.1. The van der Waals surface area contributed by atoms with E-state index in [4.69, 9.17) is 0 Å². The van der Waals surface area contributed by atoms with Crippen molar-refractivity contribution in [1.29, 1.82) is 0 Å². The minimum Gasteiger partial charge on any atom is -0.0614 e. The first-order valence-electron chi connectivity index (χ1n) is 8.23. The van der Waals surface area contributed by atoms with Crippen LogP contribution in [0.5, 0.6) is 0 Å². The van der Waals surface area contributed by atoms with Crippen LogP contribution in [0.25, 0.3) is 22.3 Å². The molecule has 3 aromatic rings. The molecule has 0 aliphatic heterocycles. The van der Waals surface area contributed by atoms with E-state index in [0.29, 0.717) is 0 Å². The second kappa shape index (κ2) is 6.04. The summed E-state index contributed by atoms with van der Waals surface area (Å²) in [6, 6.07) is 19.8. The van der Waals surface area contributed by atoms with Gasteiger partial charge in [-0.3, -0.25) is 0 Å². The van der Waals surface area contributed by atoms with Gasteiger partial charge in [-0.1, -0.05) is 54.6 Å². The Labute approximate surface area is 139 Å². The average Bonchev–Trinajstić information content (AvgIpc) is 2.53. The van der Waals surface area contributed by atoms with Crippen molar-refractivity contribution in [2.75, 3.05) is 0 Å². The van der Waals surface area contributed by atoms with E-state index in [9.17, 15) is 0 Å². The second-order valence-corrected chi connectivity index (χ2v) is 6.49. The van der Waals surface area contributed by atoms with Gasteiger partial charge in [0.25, 0.3) is 0 Å². The summed E-state index contributed by atoms with van der Waals surface area (Å²) in [5, 5.41) is 0. The van der Waals surface area contributed by atoms with Crippen molar-refractivity contribution in [2.24, 2.45) is 0 Å². The molecule has 0 amide bonds. The highest BCUT2D eigenvalue weighted by molar-refractivity contribution is 5.88. The van der Waals surface area contributed by atoms with Gasteiger partial charge in [-0.2, -0.15) is 0 Å². The Balaban J connectivity index is 2.35. The van der Waals surface area contributed by atoms with Crippen LogP contribution in [0.15, 0.2) is 54.6 Å². The third kappa shape index (κ3) is 2.70. The zero-order valence-electron chi connectivity index (χ0n) is 14.7. The molecule has 0 spiro atoms. The molecule has 0 aromatic heterocycles. The van der Waals surface area contributed by atoms with Crippen LogP contribution in [0.1, 0.15) is 27.8 Å². The van der Waals surface area contributed by atoms with Crippen LogP contribution in [0, 0.1) is 34.6 Å². The maximum absolute atomic E-state index is 2.26. The van der Waals surface area contributed by atoms with Gasteiger partial charge in [-0.05, 0) is 84.7 Å². The molecule has 0 saturated heterocycles. The molecule has 0 nitrogen and oxygen atoms in total. The summed E-state index contributed by atoms with van der Waals surface area (Å²) >= 11 is 0. The monoisotopic (exact) mass is 300 g/mol. The Kier molecular flexibility index (Phi) is 4.09. The zero-order valence-corrected chi connectivity index (χ0v) is 14.7. The molecule has 0 heterocycles. The first-order valence-corrected chi connectivity index (χ1v) is 8.23. The lowest BCUT2D eigenvalue weighted by atomic mass is 9.86. The first kappa shape index (κ1) is 15.6. The fourth-order valence-corrected chi connectivity index (χ4v) is 3.31. The number of benzene rings is 3. The van der Waals surface area contributed by atoms with Gasteiger partial charge in [0, 0.05) is 0 Å². The Morgan fingerprint density at radius 3 is 1.48 bits per heavy atom. The fourth-order valence-electron chi connectivity index (χ4n) is 3.31. The molecule has 0 saturated carbocycles. The second-order valence-electron chi connectivity index (χ2n) is 6.49. The van der Waals surface area contributed by atoms with Crippen LogP contribution in [0.2, 0.25) is 0 Å². The standard InChI is InChI=1S/C23H24/c1-15-9-6-12-20(18(15)4)22-14-8-11-17(3)23(22)21-13-7-10-16(2)19(21)5/h6-14H,1-5H3. The lowest BCUT2D eigenvalue weighted by Crippen LogP contribution is -1.95. The molecule has 0 radical (unpaired) electrons. The maximum atomic E-state index is 2.26. The van der Waals surface area contributed by atoms with Gasteiger partial charge in [-0.25, -0.2) is 0 Å². The molecule has 0 atom stereocenters. The van der Waals surface area contributed by atoms with Crippen LogP contribution in [0.4, 0.5) is 0 Å². The normalized spacial score (nSPS) is 10.8. The maximum Gasteiger partial charge on any atom is -0.00733 e. The Morgan fingerprint density at radius 1 is 0.435 bits per heavy atom. The van der Waals surface area contributed by atoms with Crippen LogP contribution in [-0.2, 0) is 0 Å². The number of rotatable bonds is 2. The van der Waals surface area contributed by atoms with Crippen molar-refractivity contribution in [3.8, 4) is 22.3 Å². The lowest BCUT2D eigenvalue weighted by Gasteiger charge is -2.18. The molecule has 3 aromatic carbocycles. The van der Waals surface area contributed by atoms with E-state index in [2.05, 4.69) is 89.2 Å². The highest BCUT2D eigenvalue weighted by Crippen LogP contribution is 2.38. The average molecular weight is 300 g/mol. The summed E-state index contributed by atoms with van der Waals surface area (Å²) in [7, 11) is 0. The van der Waals surface area contributed by atoms with Crippen LogP contribution >= 0.6 is 0 Å². The molecular weight excluding hydrogens is 276 g/mol. The quantitative estimate of drug-likeness (QED) is 0.502. The number of hydrogen-bond donors (Lipinski definition) is 0. The number of aryl methyl sites for hydroxylation is 3. The summed E-state index contributed by atoms with van der Waals surface area (Å²) in [5.74, 6) is 0. The Morgan fingerprint density at radius 2 is 0.870 bits per heavy atom. The van der Waals surface area contributed by atoms with E-state index in [1.54, 1.807) is 0 Å². The molecule has 0 aliphatic rings. The lowest BCUT2D eigenvalue weighted by molar-refractivity contribution is 1.31. The van der Waals surface area contributed by atoms with Crippen LogP contribution in [-0.4, -0.2) is 0 Å². The summed E-state index contributed by atoms with van der Waals surface area (Å²) in [6.45, 7) is 11.0. The number of hydrogen-bond acceptors (Lipinski definition) is 0. The highest BCUT2D eigenvalue weighted by atomic mass is 14.2. The van der Waals surface area contributed by atoms with E-state index < -0.39 is 0 Å². The fraction of sp³-hybridized carbons (Fsp3) is 0.217. The topological polar surface area (TPSA) is 0 Å². The van der Waals surface area contributed by atoms with Gasteiger partial charge < -0.3 is 0 Å². The SMILES string of the molecule is Cc1cccc(-c2cccc(C)c2-c2cccc(C)c2C)c1C. The van der Waals surface area contributed by atoms with Crippen molar-refractivity contribution in [3.05, 3.63) is 82.4 Å². The van der Waals surface area contributed by atoms with Crippen molar-refractivity contribution in [1.82, 2.24) is 0 Å². The zero-order chi connectivity index (χ0) is 16.6. The van der Waals surface area contributed by atoms with Gasteiger partial charge in [0.2, 0.25) is 0 Å². The predicted molar refractivity (Wildman–Crippen MR) is 101 cm³/mol. The molecule has 3 rings (SSSR count). The van der Waals surface area contributed by atoms with Gasteiger partial charge >= 0.3 is 0 Å². The van der Waals surface area contributed by atoms with Crippen molar-refractivity contribution in [3.63, 3.8) is 0 Å². The minimum atomic E-state index is 1.33. The van der Waals surface area contributed by atoms with Crippen LogP contribution in [0.3, 0.4) is 0 Å². The summed E-state index contributed by atoms with van der Waals surface area (Å²) < 4.78 is 0. The van der Waals surface area contributed by atoms with E-state index in [0.717, 1.165) is 0 Å². The predicted octanol–water partition coefficient (Wildman–Crippen LogP) is 6.56. The third-order valence-electron chi connectivity index (χ3n) is 5.04.